The van der Waals surface area contributed by atoms with Crippen molar-refractivity contribution in [2.75, 3.05) is 4.90 Å². The maximum absolute atomic E-state index is 11.9. The number of allylic oxidation sites excluding steroid dienone is 4. The van der Waals surface area contributed by atoms with Gasteiger partial charge in [-0.2, -0.15) is 0 Å². The number of carboxylic acid groups (broad SMARTS) is 2. The molecule has 2 unspecified atom stereocenters. The lowest BCUT2D eigenvalue weighted by Gasteiger charge is -2.39. The van der Waals surface area contributed by atoms with Crippen molar-refractivity contribution in [3.63, 3.8) is 0 Å². The van der Waals surface area contributed by atoms with Crippen molar-refractivity contribution in [2.24, 2.45) is 5.92 Å². The monoisotopic (exact) mass is 752 g/mol. The Hall–Kier alpha value is -7.70. The van der Waals surface area contributed by atoms with Gasteiger partial charge in [0.25, 0.3) is 0 Å². The fraction of sp³-hybridized carbons (Fsp3) is 0.0385. The van der Waals surface area contributed by atoms with E-state index in [0.717, 1.165) is 67.2 Å². The molecule has 0 fully saturated rings. The molecule has 8 aromatic rings. The minimum Gasteiger partial charge on any atom is -0.478 e. The van der Waals surface area contributed by atoms with Gasteiger partial charge >= 0.3 is 11.9 Å². The molecular formula is C52H36N2O4. The standard InChI is InChI=1S/C52H36N2O4/c55-51(56)35-22-18-33(19-23-35)49-43-14-4-5-15-44(43)50(34-20-24-36(25-21-34)52(57)58)46-32-40(30-31-45(46)49)53(37-10-2-1-3-11-37)38-26-28-39(29-27-38)54-47-16-8-6-12-41(47)42-13-7-9-17-48(42)54/h1-32,46,50H,(H,55,56)(H,57,58). The van der Waals surface area contributed by atoms with Gasteiger partial charge in [0.2, 0.25) is 0 Å². The summed E-state index contributed by atoms with van der Waals surface area (Å²) in [6.45, 7) is 0. The maximum Gasteiger partial charge on any atom is 0.335 e. The molecule has 2 aliphatic carbocycles. The van der Waals surface area contributed by atoms with Crippen LogP contribution >= 0.6 is 0 Å². The molecule has 0 bridgehead atoms. The second kappa shape index (κ2) is 14.1. The van der Waals surface area contributed by atoms with E-state index < -0.39 is 11.9 Å². The number of carbonyl (C=O) groups is 2. The van der Waals surface area contributed by atoms with Gasteiger partial charge in [0.1, 0.15) is 0 Å². The average Bonchev–Trinajstić information content (AvgIpc) is 3.61. The third-order valence-corrected chi connectivity index (χ3v) is 11.5. The number of nitrogens with zero attached hydrogens (tertiary/aromatic N) is 2. The molecule has 58 heavy (non-hydrogen) atoms. The van der Waals surface area contributed by atoms with Gasteiger partial charge in [-0.15, -0.1) is 0 Å². The normalized spacial score (nSPS) is 15.8. The SMILES string of the molecule is O=C(O)c1ccc(C2=C3C=CC(N(c4ccccc4)c4ccc(-n5c6ccccc6c6ccccc65)cc4)=CC3C(c3ccc(C(=O)O)cc3)c3ccccc32)cc1. The smallest absolute Gasteiger partial charge is 0.335 e. The zero-order chi connectivity index (χ0) is 39.3. The lowest BCUT2D eigenvalue weighted by atomic mass is 9.66. The van der Waals surface area contributed by atoms with Gasteiger partial charge in [-0.25, -0.2) is 9.59 Å². The van der Waals surface area contributed by atoms with Gasteiger partial charge in [0, 0.05) is 45.4 Å². The Bertz CT molecular complexity index is 2940. The Morgan fingerprint density at radius 3 is 1.72 bits per heavy atom. The highest BCUT2D eigenvalue weighted by molar-refractivity contribution is 6.09. The van der Waals surface area contributed by atoms with Gasteiger partial charge < -0.3 is 19.7 Å². The Labute approximate surface area is 335 Å². The average molecular weight is 753 g/mol. The number of aromatic carboxylic acids is 2. The predicted molar refractivity (Wildman–Crippen MR) is 231 cm³/mol. The molecule has 6 nitrogen and oxygen atoms in total. The lowest BCUT2D eigenvalue weighted by molar-refractivity contribution is 0.0686. The largest absolute Gasteiger partial charge is 0.478 e. The third kappa shape index (κ3) is 5.82. The highest BCUT2D eigenvalue weighted by Crippen LogP contribution is 2.51. The summed E-state index contributed by atoms with van der Waals surface area (Å²) in [7, 11) is 0. The first-order valence-corrected chi connectivity index (χ1v) is 19.3. The molecule has 10 rings (SSSR count). The summed E-state index contributed by atoms with van der Waals surface area (Å²) in [6.07, 6.45) is 6.71. The number of rotatable bonds is 8. The Morgan fingerprint density at radius 2 is 1.09 bits per heavy atom. The van der Waals surface area contributed by atoms with Crippen molar-refractivity contribution in [1.82, 2.24) is 4.57 Å². The van der Waals surface area contributed by atoms with Crippen LogP contribution in [0.3, 0.4) is 0 Å². The molecule has 7 aromatic carbocycles. The number of aromatic nitrogens is 1. The van der Waals surface area contributed by atoms with Crippen molar-refractivity contribution in [2.45, 2.75) is 5.92 Å². The van der Waals surface area contributed by atoms with Crippen LogP contribution in [-0.2, 0) is 0 Å². The van der Waals surface area contributed by atoms with E-state index in [-0.39, 0.29) is 23.0 Å². The predicted octanol–water partition coefficient (Wildman–Crippen LogP) is 12.0. The molecule has 0 saturated heterocycles. The first-order valence-electron chi connectivity index (χ1n) is 19.3. The number of fused-ring (bicyclic) bond motifs is 5. The number of hydrogen-bond donors (Lipinski definition) is 2. The topological polar surface area (TPSA) is 82.8 Å². The molecule has 0 radical (unpaired) electrons. The zero-order valence-electron chi connectivity index (χ0n) is 31.2. The minimum atomic E-state index is -0.967. The summed E-state index contributed by atoms with van der Waals surface area (Å²) < 4.78 is 2.32. The van der Waals surface area contributed by atoms with Gasteiger partial charge in [-0.1, -0.05) is 115 Å². The van der Waals surface area contributed by atoms with E-state index in [2.05, 4.69) is 137 Å². The van der Waals surface area contributed by atoms with Gasteiger partial charge in [0.15, 0.2) is 0 Å². The molecule has 0 spiro atoms. The Kier molecular flexibility index (Phi) is 8.45. The molecule has 2 aliphatic rings. The second-order valence-electron chi connectivity index (χ2n) is 14.7. The van der Waals surface area contributed by atoms with Crippen LogP contribution < -0.4 is 4.90 Å². The minimum absolute atomic E-state index is 0.133. The summed E-state index contributed by atoms with van der Waals surface area (Å²) in [5.74, 6) is -2.21. The number of para-hydroxylation sites is 3. The van der Waals surface area contributed by atoms with Gasteiger partial charge in [0.05, 0.1) is 22.2 Å². The third-order valence-electron chi connectivity index (χ3n) is 11.5. The molecule has 0 amide bonds. The van der Waals surface area contributed by atoms with Crippen LogP contribution in [0.1, 0.15) is 48.9 Å². The van der Waals surface area contributed by atoms with Crippen LogP contribution in [0.15, 0.2) is 205 Å². The molecule has 278 valence electrons. The number of anilines is 2. The van der Waals surface area contributed by atoms with Crippen molar-refractivity contribution in [3.8, 4) is 5.69 Å². The molecule has 0 saturated carbocycles. The van der Waals surface area contributed by atoms with Crippen LogP contribution in [0, 0.1) is 5.92 Å². The van der Waals surface area contributed by atoms with E-state index in [4.69, 9.17) is 0 Å². The van der Waals surface area contributed by atoms with Crippen molar-refractivity contribution in [3.05, 3.63) is 239 Å². The van der Waals surface area contributed by atoms with E-state index in [1.807, 2.05) is 42.5 Å². The number of carboxylic acids is 2. The molecule has 2 N–H and O–H groups in total. The zero-order valence-corrected chi connectivity index (χ0v) is 31.2. The summed E-state index contributed by atoms with van der Waals surface area (Å²) in [4.78, 5) is 26.0. The first kappa shape index (κ1) is 34.8. The Balaban J connectivity index is 1.14. The van der Waals surface area contributed by atoms with Crippen LogP contribution in [0.4, 0.5) is 11.4 Å². The number of benzene rings is 7. The van der Waals surface area contributed by atoms with E-state index in [1.54, 1.807) is 24.3 Å². The summed E-state index contributed by atoms with van der Waals surface area (Å²) >= 11 is 0. The lowest BCUT2D eigenvalue weighted by Crippen LogP contribution is -2.26. The molecule has 2 atom stereocenters. The summed E-state index contributed by atoms with van der Waals surface area (Å²) in [5, 5.41) is 21.9. The van der Waals surface area contributed by atoms with E-state index >= 15 is 0 Å². The highest BCUT2D eigenvalue weighted by atomic mass is 16.4. The van der Waals surface area contributed by atoms with Crippen LogP contribution in [0.5, 0.6) is 0 Å². The van der Waals surface area contributed by atoms with Crippen LogP contribution in [0.2, 0.25) is 0 Å². The van der Waals surface area contributed by atoms with E-state index in [9.17, 15) is 19.8 Å². The fourth-order valence-electron chi connectivity index (χ4n) is 8.93. The van der Waals surface area contributed by atoms with Crippen LogP contribution in [0.25, 0.3) is 33.1 Å². The van der Waals surface area contributed by atoms with Crippen molar-refractivity contribution >= 4 is 50.7 Å². The quantitative estimate of drug-likeness (QED) is 0.161. The van der Waals surface area contributed by atoms with Crippen molar-refractivity contribution < 1.29 is 19.8 Å². The molecule has 1 aromatic heterocycles. The molecule has 6 heteroatoms. The fourth-order valence-corrected chi connectivity index (χ4v) is 8.93. The summed E-state index contributed by atoms with van der Waals surface area (Å²) in [5.41, 5.74) is 13.1. The molecule has 0 aliphatic heterocycles. The van der Waals surface area contributed by atoms with E-state index in [0.29, 0.717) is 0 Å². The van der Waals surface area contributed by atoms with E-state index in [1.165, 1.54) is 10.8 Å². The molecule has 1 heterocycles. The highest BCUT2D eigenvalue weighted by Gasteiger charge is 2.37. The Morgan fingerprint density at radius 1 is 0.534 bits per heavy atom. The first-order chi connectivity index (χ1) is 28.4. The van der Waals surface area contributed by atoms with Crippen LogP contribution in [-0.4, -0.2) is 26.7 Å². The number of hydrogen-bond acceptors (Lipinski definition) is 3. The maximum atomic E-state index is 11.9. The van der Waals surface area contributed by atoms with Crippen molar-refractivity contribution in [1.29, 1.82) is 0 Å². The summed E-state index contributed by atoms with van der Waals surface area (Å²) in [6, 6.07) is 58.8. The van der Waals surface area contributed by atoms with Gasteiger partial charge in [-0.05, 0) is 112 Å². The second-order valence-corrected chi connectivity index (χ2v) is 14.7. The molecular weight excluding hydrogens is 717 g/mol. The van der Waals surface area contributed by atoms with Gasteiger partial charge in [-0.3, -0.25) is 0 Å².